The molecule has 0 fully saturated rings. The van der Waals surface area contributed by atoms with Crippen molar-refractivity contribution in [3.63, 3.8) is 0 Å². The van der Waals surface area contributed by atoms with Crippen LogP contribution in [0.3, 0.4) is 0 Å². The SMILES string of the molecule is CC(=O)N(C)C.Cc1ccccc1.Cn1cnc(C(O)(CCO)c2ccccc2)c1. The largest absolute Gasteiger partial charge is 0.396 e. The number of aromatic nitrogens is 2. The molecule has 3 aromatic rings. The number of rotatable bonds is 4. The Hall–Kier alpha value is -2.96. The van der Waals surface area contributed by atoms with Crippen molar-refractivity contribution in [3.8, 4) is 0 Å². The predicted octanol–water partition coefficient (Wildman–Crippen LogP) is 3.13. The summed E-state index contributed by atoms with van der Waals surface area (Å²) < 4.78 is 1.78. The number of carbonyl (C=O) groups excluding carboxylic acids is 1. The summed E-state index contributed by atoms with van der Waals surface area (Å²) in [4.78, 5) is 15.8. The fraction of sp³-hybridized carbons (Fsp3) is 0.333. The number of aliphatic hydroxyl groups excluding tert-OH is 1. The van der Waals surface area contributed by atoms with E-state index in [9.17, 15) is 9.90 Å². The van der Waals surface area contributed by atoms with Crippen molar-refractivity contribution in [2.24, 2.45) is 7.05 Å². The van der Waals surface area contributed by atoms with E-state index in [1.165, 1.54) is 17.4 Å². The topological polar surface area (TPSA) is 78.6 Å². The van der Waals surface area contributed by atoms with Gasteiger partial charge in [0.15, 0.2) is 0 Å². The van der Waals surface area contributed by atoms with E-state index >= 15 is 0 Å². The van der Waals surface area contributed by atoms with Crippen molar-refractivity contribution < 1.29 is 15.0 Å². The van der Waals surface area contributed by atoms with Gasteiger partial charge in [0.25, 0.3) is 0 Å². The van der Waals surface area contributed by atoms with Gasteiger partial charge >= 0.3 is 0 Å². The molecule has 1 aromatic heterocycles. The smallest absolute Gasteiger partial charge is 0.218 e. The Labute approximate surface area is 179 Å². The maximum absolute atomic E-state index is 10.7. The lowest BCUT2D eigenvalue weighted by molar-refractivity contribution is -0.126. The molecular weight excluding hydrogens is 378 g/mol. The van der Waals surface area contributed by atoms with E-state index in [0.29, 0.717) is 5.69 Å². The normalized spacial score (nSPS) is 11.8. The number of aryl methyl sites for hydroxylation is 2. The first-order valence-corrected chi connectivity index (χ1v) is 9.77. The first-order valence-electron chi connectivity index (χ1n) is 9.77. The molecule has 0 saturated heterocycles. The molecule has 2 N–H and O–H groups in total. The zero-order valence-corrected chi connectivity index (χ0v) is 18.5. The Balaban J connectivity index is 0.000000285. The molecule has 1 amide bonds. The molecule has 1 unspecified atom stereocenters. The van der Waals surface area contributed by atoms with E-state index in [4.69, 9.17) is 5.11 Å². The van der Waals surface area contributed by atoms with Crippen molar-refractivity contribution in [1.82, 2.24) is 14.5 Å². The number of benzene rings is 2. The van der Waals surface area contributed by atoms with Gasteiger partial charge in [-0.15, -0.1) is 0 Å². The van der Waals surface area contributed by atoms with E-state index < -0.39 is 5.60 Å². The standard InChI is InChI=1S/C13H16N2O2.C7H8.C4H9NO/c1-15-9-12(14-10-15)13(17,7-8-16)11-5-3-2-4-6-11;1-7-5-3-2-4-6-7;1-4(6)5(2)3/h2-6,9-10,16-17H,7-8H2,1H3;2-6H,1H3;1-3H3. The summed E-state index contributed by atoms with van der Waals surface area (Å²) >= 11 is 0. The average Bonchev–Trinajstić information content (AvgIpc) is 3.17. The molecule has 3 rings (SSSR count). The van der Waals surface area contributed by atoms with Crippen molar-refractivity contribution in [3.05, 3.63) is 90.0 Å². The maximum atomic E-state index is 10.7. The molecule has 0 aliphatic rings. The third-order valence-electron chi connectivity index (χ3n) is 4.42. The fourth-order valence-electron chi connectivity index (χ4n) is 2.46. The Kier molecular flexibility index (Phi) is 10.5. The van der Waals surface area contributed by atoms with E-state index in [2.05, 4.69) is 24.0 Å². The fourth-order valence-corrected chi connectivity index (χ4v) is 2.46. The van der Waals surface area contributed by atoms with Gasteiger partial charge in [-0.25, -0.2) is 4.98 Å². The molecule has 1 heterocycles. The predicted molar refractivity (Wildman–Crippen MR) is 120 cm³/mol. The van der Waals surface area contributed by atoms with Crippen LogP contribution in [0.25, 0.3) is 0 Å². The van der Waals surface area contributed by atoms with Crippen LogP contribution in [0.15, 0.2) is 73.2 Å². The zero-order chi connectivity index (χ0) is 22.6. The summed E-state index contributed by atoms with van der Waals surface area (Å²) in [5.41, 5.74) is 1.40. The molecule has 2 aromatic carbocycles. The van der Waals surface area contributed by atoms with Gasteiger partial charge in [0, 0.05) is 47.3 Å². The summed E-state index contributed by atoms with van der Waals surface area (Å²) in [6, 6.07) is 19.6. The van der Waals surface area contributed by atoms with Crippen molar-refractivity contribution >= 4 is 5.91 Å². The van der Waals surface area contributed by atoms with Gasteiger partial charge in [0.1, 0.15) is 5.60 Å². The number of imidazole rings is 1. The lowest BCUT2D eigenvalue weighted by atomic mass is 9.88. The highest BCUT2D eigenvalue weighted by Gasteiger charge is 2.33. The number of aliphatic hydroxyl groups is 2. The molecule has 1 atom stereocenters. The van der Waals surface area contributed by atoms with Crippen LogP contribution >= 0.6 is 0 Å². The molecule has 0 saturated carbocycles. The summed E-state index contributed by atoms with van der Waals surface area (Å²) in [6.07, 6.45) is 3.64. The third kappa shape index (κ3) is 8.19. The van der Waals surface area contributed by atoms with Crippen LogP contribution in [0, 0.1) is 6.92 Å². The molecule has 0 radical (unpaired) electrons. The molecule has 0 aliphatic heterocycles. The summed E-state index contributed by atoms with van der Waals surface area (Å²) in [7, 11) is 5.30. The minimum absolute atomic E-state index is 0.0926. The monoisotopic (exact) mass is 411 g/mol. The molecule has 6 heteroatoms. The molecular formula is C24H33N3O3. The average molecular weight is 412 g/mol. The second kappa shape index (κ2) is 12.6. The highest BCUT2D eigenvalue weighted by atomic mass is 16.3. The van der Waals surface area contributed by atoms with Crippen LogP contribution in [0.1, 0.15) is 30.2 Å². The van der Waals surface area contributed by atoms with E-state index in [1.807, 2.05) is 55.6 Å². The van der Waals surface area contributed by atoms with Crippen LogP contribution in [0.2, 0.25) is 0 Å². The van der Waals surface area contributed by atoms with Gasteiger partial charge < -0.3 is 19.7 Å². The first-order chi connectivity index (χ1) is 14.2. The quantitative estimate of drug-likeness (QED) is 0.691. The van der Waals surface area contributed by atoms with E-state index in [-0.39, 0.29) is 18.9 Å². The van der Waals surface area contributed by atoms with Crippen LogP contribution < -0.4 is 0 Å². The molecule has 0 bridgehead atoms. The van der Waals surface area contributed by atoms with Gasteiger partial charge in [-0.1, -0.05) is 66.2 Å². The number of carbonyl (C=O) groups is 1. The second-order valence-electron chi connectivity index (χ2n) is 7.19. The van der Waals surface area contributed by atoms with Gasteiger partial charge in [-0.2, -0.15) is 0 Å². The van der Waals surface area contributed by atoms with Crippen LogP contribution in [0.4, 0.5) is 0 Å². The summed E-state index contributed by atoms with van der Waals surface area (Å²) in [5.74, 6) is 0.0926. The lowest BCUT2D eigenvalue weighted by Crippen LogP contribution is -2.29. The highest BCUT2D eigenvalue weighted by Crippen LogP contribution is 2.31. The Morgan fingerprint density at radius 1 is 1.07 bits per heavy atom. The van der Waals surface area contributed by atoms with Gasteiger partial charge in [0.2, 0.25) is 5.91 Å². The highest BCUT2D eigenvalue weighted by molar-refractivity contribution is 5.72. The number of hydrogen-bond donors (Lipinski definition) is 2. The maximum Gasteiger partial charge on any atom is 0.218 e. The Morgan fingerprint density at radius 2 is 1.57 bits per heavy atom. The second-order valence-corrected chi connectivity index (χ2v) is 7.19. The molecule has 0 aliphatic carbocycles. The van der Waals surface area contributed by atoms with Gasteiger partial charge in [0.05, 0.1) is 12.0 Å². The van der Waals surface area contributed by atoms with Crippen LogP contribution in [-0.2, 0) is 17.4 Å². The molecule has 30 heavy (non-hydrogen) atoms. The first kappa shape index (κ1) is 25.1. The lowest BCUT2D eigenvalue weighted by Gasteiger charge is -2.26. The van der Waals surface area contributed by atoms with Crippen molar-refractivity contribution in [2.75, 3.05) is 20.7 Å². The summed E-state index contributed by atoms with van der Waals surface area (Å²) in [6.45, 7) is 3.52. The number of hydrogen-bond acceptors (Lipinski definition) is 4. The Morgan fingerprint density at radius 3 is 1.90 bits per heavy atom. The zero-order valence-electron chi connectivity index (χ0n) is 18.5. The number of amides is 1. The molecule has 162 valence electrons. The van der Waals surface area contributed by atoms with E-state index in [1.54, 1.807) is 31.2 Å². The van der Waals surface area contributed by atoms with Crippen LogP contribution in [0.5, 0.6) is 0 Å². The minimum atomic E-state index is -1.22. The molecule has 6 nitrogen and oxygen atoms in total. The third-order valence-corrected chi connectivity index (χ3v) is 4.42. The Bertz CT molecular complexity index is 864. The van der Waals surface area contributed by atoms with Crippen molar-refractivity contribution in [2.45, 2.75) is 25.9 Å². The summed E-state index contributed by atoms with van der Waals surface area (Å²) in [5, 5.41) is 19.9. The van der Waals surface area contributed by atoms with Crippen molar-refractivity contribution in [1.29, 1.82) is 0 Å². The van der Waals surface area contributed by atoms with Gasteiger partial charge in [-0.3, -0.25) is 4.79 Å². The van der Waals surface area contributed by atoms with Gasteiger partial charge in [-0.05, 0) is 12.5 Å². The molecule has 0 spiro atoms. The minimum Gasteiger partial charge on any atom is -0.396 e. The van der Waals surface area contributed by atoms with Crippen LogP contribution in [-0.4, -0.2) is 51.3 Å². The van der Waals surface area contributed by atoms with E-state index in [0.717, 1.165) is 5.56 Å². The number of nitrogens with zero attached hydrogens (tertiary/aromatic N) is 3.